The lowest BCUT2D eigenvalue weighted by Gasteiger charge is -2.22. The highest BCUT2D eigenvalue weighted by molar-refractivity contribution is 5.46. The molecule has 0 radical (unpaired) electrons. The highest BCUT2D eigenvalue weighted by atomic mass is 16.6. The second-order valence-corrected chi connectivity index (χ2v) is 4.21. The summed E-state index contributed by atoms with van der Waals surface area (Å²) in [4.78, 5) is 14.0. The molecule has 0 aliphatic rings. The number of nitro groups is 1. The van der Waals surface area contributed by atoms with E-state index < -0.39 is 10.5 Å². The Kier molecular flexibility index (Phi) is 4.18. The van der Waals surface area contributed by atoms with Gasteiger partial charge in [0.15, 0.2) is 0 Å². The minimum atomic E-state index is -0.636. The summed E-state index contributed by atoms with van der Waals surface area (Å²) in [6.45, 7) is 3.79. The average molecular weight is 250 g/mol. The van der Waals surface area contributed by atoms with Gasteiger partial charge < -0.3 is 10.5 Å². The molecule has 0 spiro atoms. The Hall–Kier alpha value is -2.20. The van der Waals surface area contributed by atoms with E-state index in [1.165, 1.54) is 6.20 Å². The van der Waals surface area contributed by atoms with Gasteiger partial charge in [-0.3, -0.25) is 10.1 Å². The van der Waals surface area contributed by atoms with Crippen molar-refractivity contribution in [2.45, 2.75) is 25.8 Å². The Labute approximate surface area is 104 Å². The highest BCUT2D eigenvalue weighted by Gasteiger charge is 2.22. The number of hydrogen-bond acceptors (Lipinski definition) is 6. The molecule has 1 unspecified atom stereocenters. The lowest BCUT2D eigenvalue weighted by Crippen LogP contribution is -2.41. The summed E-state index contributed by atoms with van der Waals surface area (Å²) in [5.41, 5.74) is 5.07. The molecule has 18 heavy (non-hydrogen) atoms. The second-order valence-electron chi connectivity index (χ2n) is 4.21. The van der Waals surface area contributed by atoms with Gasteiger partial charge in [0.2, 0.25) is 0 Å². The number of hydrogen-bond donors (Lipinski definition) is 1. The molecule has 7 heteroatoms. The zero-order valence-corrected chi connectivity index (χ0v) is 10.2. The smallest absolute Gasteiger partial charge is 0.332 e. The fourth-order valence-corrected chi connectivity index (χ4v) is 1.08. The van der Waals surface area contributed by atoms with Crippen LogP contribution in [0, 0.1) is 21.4 Å². The zero-order valence-electron chi connectivity index (χ0n) is 10.2. The standard InChI is InChI=1S/C11H14N4O3/c1-3-11(2,13)7-18-10-9(15(16)17)4-8(5-12)6-14-10/h4,6H,3,7,13H2,1-2H3. The lowest BCUT2D eigenvalue weighted by molar-refractivity contribution is -0.386. The first-order valence-corrected chi connectivity index (χ1v) is 5.36. The third-order valence-electron chi connectivity index (χ3n) is 2.50. The van der Waals surface area contributed by atoms with Gasteiger partial charge in [-0.25, -0.2) is 4.98 Å². The molecule has 1 atom stereocenters. The normalized spacial score (nSPS) is 13.4. The minimum Gasteiger partial charge on any atom is -0.471 e. The van der Waals surface area contributed by atoms with Gasteiger partial charge in [0.25, 0.3) is 5.88 Å². The van der Waals surface area contributed by atoms with Crippen LogP contribution >= 0.6 is 0 Å². The molecule has 96 valence electrons. The molecule has 0 saturated heterocycles. The van der Waals surface area contributed by atoms with Crippen molar-refractivity contribution < 1.29 is 9.66 Å². The molecule has 0 fully saturated rings. The summed E-state index contributed by atoms with van der Waals surface area (Å²) in [5.74, 6) is -0.121. The zero-order chi connectivity index (χ0) is 13.8. The van der Waals surface area contributed by atoms with Crippen molar-refractivity contribution in [3.05, 3.63) is 27.9 Å². The van der Waals surface area contributed by atoms with Crippen molar-refractivity contribution >= 4 is 5.69 Å². The number of aromatic nitrogens is 1. The first-order chi connectivity index (χ1) is 8.39. The van der Waals surface area contributed by atoms with Crippen LogP contribution in [0.25, 0.3) is 0 Å². The molecule has 7 nitrogen and oxygen atoms in total. The second kappa shape index (κ2) is 5.42. The maximum Gasteiger partial charge on any atom is 0.332 e. The summed E-state index contributed by atoms with van der Waals surface area (Å²) in [6, 6.07) is 2.91. The number of nitriles is 1. The SMILES string of the molecule is CCC(C)(N)COc1ncc(C#N)cc1[N+](=O)[O-]. The van der Waals surface area contributed by atoms with Crippen LogP contribution in [0.3, 0.4) is 0 Å². The van der Waals surface area contributed by atoms with Crippen LogP contribution in [-0.4, -0.2) is 22.1 Å². The predicted molar refractivity (Wildman–Crippen MR) is 64.0 cm³/mol. The Bertz CT molecular complexity index is 494. The molecule has 1 aromatic heterocycles. The maximum atomic E-state index is 10.8. The van der Waals surface area contributed by atoms with Gasteiger partial charge in [0.1, 0.15) is 12.7 Å². The van der Waals surface area contributed by atoms with Crippen molar-refractivity contribution in [3.63, 3.8) is 0 Å². The van der Waals surface area contributed by atoms with Gasteiger partial charge in [0.05, 0.1) is 10.5 Å². The van der Waals surface area contributed by atoms with Gasteiger partial charge in [-0.2, -0.15) is 5.26 Å². The van der Waals surface area contributed by atoms with Crippen LogP contribution in [0.4, 0.5) is 5.69 Å². The lowest BCUT2D eigenvalue weighted by atomic mass is 10.0. The van der Waals surface area contributed by atoms with Gasteiger partial charge in [-0.15, -0.1) is 0 Å². The first kappa shape index (κ1) is 13.9. The van der Waals surface area contributed by atoms with E-state index in [-0.39, 0.29) is 23.7 Å². The molecule has 0 amide bonds. The van der Waals surface area contributed by atoms with Crippen LogP contribution in [0.1, 0.15) is 25.8 Å². The van der Waals surface area contributed by atoms with Crippen LogP contribution in [-0.2, 0) is 0 Å². The summed E-state index contributed by atoms with van der Waals surface area (Å²) in [7, 11) is 0. The number of rotatable bonds is 5. The van der Waals surface area contributed by atoms with Crippen molar-refractivity contribution in [2.75, 3.05) is 6.61 Å². The van der Waals surface area contributed by atoms with Crippen molar-refractivity contribution in [3.8, 4) is 11.9 Å². The number of nitrogens with zero attached hydrogens (tertiary/aromatic N) is 3. The average Bonchev–Trinajstić information content (AvgIpc) is 2.36. The molecule has 1 aromatic rings. The van der Waals surface area contributed by atoms with Crippen LogP contribution in [0.15, 0.2) is 12.3 Å². The third kappa shape index (κ3) is 3.40. The quantitative estimate of drug-likeness (QED) is 0.623. The van der Waals surface area contributed by atoms with Crippen LogP contribution in [0.2, 0.25) is 0 Å². The Balaban J connectivity index is 2.96. The molecule has 0 bridgehead atoms. The topological polar surface area (TPSA) is 115 Å². The molecule has 0 aliphatic carbocycles. The highest BCUT2D eigenvalue weighted by Crippen LogP contribution is 2.25. The fourth-order valence-electron chi connectivity index (χ4n) is 1.08. The molecule has 2 N–H and O–H groups in total. The van der Waals surface area contributed by atoms with E-state index in [2.05, 4.69) is 4.98 Å². The molecule has 1 rings (SSSR count). The monoisotopic (exact) mass is 250 g/mol. The molecule has 0 saturated carbocycles. The Morgan fingerprint density at radius 3 is 2.89 bits per heavy atom. The van der Waals surface area contributed by atoms with E-state index in [0.717, 1.165) is 6.07 Å². The van der Waals surface area contributed by atoms with Crippen molar-refractivity contribution in [1.29, 1.82) is 5.26 Å². The summed E-state index contributed by atoms with van der Waals surface area (Å²) < 4.78 is 5.27. The van der Waals surface area contributed by atoms with Gasteiger partial charge >= 0.3 is 5.69 Å². The van der Waals surface area contributed by atoms with E-state index in [1.807, 2.05) is 6.92 Å². The molecule has 1 heterocycles. The van der Waals surface area contributed by atoms with E-state index in [0.29, 0.717) is 6.42 Å². The summed E-state index contributed by atoms with van der Waals surface area (Å²) in [5, 5.41) is 19.5. The fraction of sp³-hybridized carbons (Fsp3) is 0.455. The van der Waals surface area contributed by atoms with E-state index in [4.69, 9.17) is 15.7 Å². The third-order valence-corrected chi connectivity index (χ3v) is 2.50. The Morgan fingerprint density at radius 2 is 2.39 bits per heavy atom. The molecular weight excluding hydrogens is 236 g/mol. The van der Waals surface area contributed by atoms with Crippen molar-refractivity contribution in [1.82, 2.24) is 4.98 Å². The summed E-state index contributed by atoms with van der Waals surface area (Å²) >= 11 is 0. The number of nitrogens with two attached hydrogens (primary N) is 1. The number of ether oxygens (including phenoxy) is 1. The largest absolute Gasteiger partial charge is 0.471 e. The molecule has 0 aromatic carbocycles. The van der Waals surface area contributed by atoms with E-state index in [1.54, 1.807) is 13.0 Å². The van der Waals surface area contributed by atoms with Gasteiger partial charge in [-0.1, -0.05) is 6.92 Å². The minimum absolute atomic E-state index is 0.111. The summed E-state index contributed by atoms with van der Waals surface area (Å²) in [6.07, 6.45) is 1.89. The molecular formula is C11H14N4O3. The van der Waals surface area contributed by atoms with E-state index in [9.17, 15) is 10.1 Å². The van der Waals surface area contributed by atoms with Crippen LogP contribution in [0.5, 0.6) is 5.88 Å². The Morgan fingerprint density at radius 1 is 1.72 bits per heavy atom. The number of pyridine rings is 1. The van der Waals surface area contributed by atoms with Crippen LogP contribution < -0.4 is 10.5 Å². The molecule has 0 aliphatic heterocycles. The predicted octanol–water partition coefficient (Wildman–Crippen LogP) is 1.37. The van der Waals surface area contributed by atoms with Crippen molar-refractivity contribution in [2.24, 2.45) is 5.73 Å². The van der Waals surface area contributed by atoms with E-state index >= 15 is 0 Å². The first-order valence-electron chi connectivity index (χ1n) is 5.36. The maximum absolute atomic E-state index is 10.8. The van der Waals surface area contributed by atoms with Gasteiger partial charge in [-0.05, 0) is 13.3 Å². The van der Waals surface area contributed by atoms with Gasteiger partial charge in [0, 0.05) is 17.8 Å².